The van der Waals surface area contributed by atoms with Gasteiger partial charge in [0.2, 0.25) is 0 Å². The fourth-order valence-electron chi connectivity index (χ4n) is 2.03. The van der Waals surface area contributed by atoms with Crippen LogP contribution in [0.15, 0.2) is 12.3 Å². The van der Waals surface area contributed by atoms with Crippen molar-refractivity contribution < 1.29 is 18.9 Å². The molecule has 20 heavy (non-hydrogen) atoms. The van der Waals surface area contributed by atoms with Crippen molar-refractivity contribution in [3.8, 4) is 0 Å². The molecule has 0 rings (SSSR count). The van der Waals surface area contributed by atoms with Gasteiger partial charge in [-0.25, -0.2) is 0 Å². The molecule has 0 aromatic heterocycles. The van der Waals surface area contributed by atoms with E-state index >= 15 is 0 Å². The van der Waals surface area contributed by atoms with Crippen LogP contribution in [-0.4, -0.2) is 34.4 Å². The molecule has 0 saturated heterocycles. The molecule has 0 fully saturated rings. The molecule has 0 amide bonds. The highest BCUT2D eigenvalue weighted by atomic mass is 16.7. The first-order valence-electron chi connectivity index (χ1n) is 7.66. The van der Waals surface area contributed by atoms with Crippen molar-refractivity contribution in [1.82, 2.24) is 0 Å². The molecule has 0 N–H and O–H groups in total. The maximum absolute atomic E-state index is 5.16. The minimum absolute atomic E-state index is 0.0258. The summed E-state index contributed by atoms with van der Waals surface area (Å²) in [7, 11) is 5.02. The molecule has 0 unspecified atom stereocenters. The van der Waals surface area contributed by atoms with E-state index in [9.17, 15) is 0 Å². The smallest absolute Gasteiger partial charge is 0.187 e. The standard InChI is InChI=1S/C16H32O4/c1-17-15-20-14-12-10-8-6-4-5-7-9-11-13-16(18-2)19-3/h12,14,16H,4-11,13,15H2,1-3H3. The summed E-state index contributed by atoms with van der Waals surface area (Å²) in [5.41, 5.74) is 0. The van der Waals surface area contributed by atoms with E-state index in [0.29, 0.717) is 6.79 Å². The molecule has 0 aliphatic heterocycles. The average Bonchev–Trinajstić information content (AvgIpc) is 2.48. The summed E-state index contributed by atoms with van der Waals surface area (Å²) in [5, 5.41) is 0. The van der Waals surface area contributed by atoms with Crippen LogP contribution in [0.1, 0.15) is 57.8 Å². The topological polar surface area (TPSA) is 36.9 Å². The summed E-state index contributed by atoms with van der Waals surface area (Å²) < 4.78 is 20.2. The third-order valence-corrected chi connectivity index (χ3v) is 3.21. The SMILES string of the molecule is COCOC=CCCCCCCCCCC(OC)OC. The lowest BCUT2D eigenvalue weighted by molar-refractivity contribution is -0.107. The maximum Gasteiger partial charge on any atom is 0.187 e. The highest BCUT2D eigenvalue weighted by Gasteiger charge is 2.03. The molecular weight excluding hydrogens is 256 g/mol. The number of rotatable bonds is 15. The van der Waals surface area contributed by atoms with E-state index in [4.69, 9.17) is 18.9 Å². The third kappa shape index (κ3) is 13.8. The van der Waals surface area contributed by atoms with Gasteiger partial charge in [0.1, 0.15) is 0 Å². The van der Waals surface area contributed by atoms with Crippen molar-refractivity contribution in [3.63, 3.8) is 0 Å². The number of ether oxygens (including phenoxy) is 4. The van der Waals surface area contributed by atoms with Crippen molar-refractivity contribution in [2.75, 3.05) is 28.1 Å². The Hall–Kier alpha value is -0.580. The Morgan fingerprint density at radius 3 is 2.00 bits per heavy atom. The predicted octanol–water partition coefficient (Wildman–Crippen LogP) is 4.25. The van der Waals surface area contributed by atoms with Crippen LogP contribution in [-0.2, 0) is 18.9 Å². The highest BCUT2D eigenvalue weighted by molar-refractivity contribution is 4.72. The Bertz CT molecular complexity index is 203. The Morgan fingerprint density at radius 2 is 1.40 bits per heavy atom. The van der Waals surface area contributed by atoms with E-state index in [2.05, 4.69) is 6.08 Å². The Kier molecular flexibility index (Phi) is 16.0. The summed E-state index contributed by atoms with van der Waals surface area (Å²) in [6, 6.07) is 0. The van der Waals surface area contributed by atoms with Crippen LogP contribution in [0.3, 0.4) is 0 Å². The van der Waals surface area contributed by atoms with Gasteiger partial charge in [-0.05, 0) is 31.8 Å². The number of hydrogen-bond donors (Lipinski definition) is 0. The third-order valence-electron chi connectivity index (χ3n) is 3.21. The summed E-state index contributed by atoms with van der Waals surface area (Å²) in [6.07, 6.45) is 14.8. The fourth-order valence-corrected chi connectivity index (χ4v) is 2.03. The second-order valence-electron chi connectivity index (χ2n) is 4.90. The summed E-state index contributed by atoms with van der Waals surface area (Å²) in [6.45, 7) is 0.337. The van der Waals surface area contributed by atoms with Crippen molar-refractivity contribution >= 4 is 0 Å². The van der Waals surface area contributed by atoms with E-state index in [-0.39, 0.29) is 6.29 Å². The van der Waals surface area contributed by atoms with Gasteiger partial charge in [0, 0.05) is 21.3 Å². The molecule has 0 bridgehead atoms. The maximum atomic E-state index is 5.16. The molecule has 0 saturated carbocycles. The summed E-state index contributed by atoms with van der Waals surface area (Å²) in [4.78, 5) is 0. The molecule has 0 aliphatic carbocycles. The van der Waals surface area contributed by atoms with Crippen LogP contribution < -0.4 is 0 Å². The first-order chi connectivity index (χ1) is 9.85. The summed E-state index contributed by atoms with van der Waals surface area (Å²) in [5.74, 6) is 0. The van der Waals surface area contributed by atoms with Crippen molar-refractivity contribution in [2.24, 2.45) is 0 Å². The van der Waals surface area contributed by atoms with Gasteiger partial charge >= 0.3 is 0 Å². The van der Waals surface area contributed by atoms with E-state index < -0.39 is 0 Å². The molecular formula is C16H32O4. The van der Waals surface area contributed by atoms with Gasteiger partial charge in [0.15, 0.2) is 13.1 Å². The zero-order chi connectivity index (χ0) is 14.9. The van der Waals surface area contributed by atoms with Gasteiger partial charge in [0.25, 0.3) is 0 Å². The monoisotopic (exact) mass is 288 g/mol. The van der Waals surface area contributed by atoms with Crippen LogP contribution in [0.5, 0.6) is 0 Å². The van der Waals surface area contributed by atoms with Gasteiger partial charge in [-0.3, -0.25) is 0 Å². The van der Waals surface area contributed by atoms with Crippen molar-refractivity contribution in [3.05, 3.63) is 12.3 Å². The lowest BCUT2D eigenvalue weighted by Crippen LogP contribution is -2.12. The lowest BCUT2D eigenvalue weighted by atomic mass is 10.1. The molecule has 0 radical (unpaired) electrons. The van der Waals surface area contributed by atoms with Crippen LogP contribution in [0, 0.1) is 0 Å². The van der Waals surface area contributed by atoms with Gasteiger partial charge in [-0.1, -0.05) is 32.1 Å². The molecule has 4 nitrogen and oxygen atoms in total. The van der Waals surface area contributed by atoms with E-state index in [1.807, 2.05) is 0 Å². The molecule has 0 spiro atoms. The number of unbranched alkanes of at least 4 members (excludes halogenated alkanes) is 7. The van der Waals surface area contributed by atoms with Crippen LogP contribution in [0.25, 0.3) is 0 Å². The molecule has 0 heterocycles. The number of hydrogen-bond acceptors (Lipinski definition) is 4. The molecule has 0 aromatic rings. The van der Waals surface area contributed by atoms with Crippen LogP contribution in [0.2, 0.25) is 0 Å². The van der Waals surface area contributed by atoms with Crippen molar-refractivity contribution in [1.29, 1.82) is 0 Å². The first-order valence-corrected chi connectivity index (χ1v) is 7.66. The van der Waals surface area contributed by atoms with E-state index in [1.54, 1.807) is 27.6 Å². The lowest BCUT2D eigenvalue weighted by Gasteiger charge is -2.12. The summed E-state index contributed by atoms with van der Waals surface area (Å²) >= 11 is 0. The quantitative estimate of drug-likeness (QED) is 0.256. The molecule has 0 atom stereocenters. The Morgan fingerprint density at radius 1 is 0.800 bits per heavy atom. The van der Waals surface area contributed by atoms with Gasteiger partial charge in [0.05, 0.1) is 6.26 Å². The van der Waals surface area contributed by atoms with E-state index in [1.165, 1.54) is 44.9 Å². The number of methoxy groups -OCH3 is 3. The molecule has 120 valence electrons. The molecule has 0 aliphatic rings. The zero-order valence-corrected chi connectivity index (χ0v) is 13.4. The van der Waals surface area contributed by atoms with Gasteiger partial charge in [-0.15, -0.1) is 0 Å². The first kappa shape index (κ1) is 19.4. The largest absolute Gasteiger partial charge is 0.476 e. The second kappa shape index (κ2) is 16.5. The average molecular weight is 288 g/mol. The second-order valence-corrected chi connectivity index (χ2v) is 4.90. The van der Waals surface area contributed by atoms with E-state index in [0.717, 1.165) is 12.8 Å². The highest BCUT2D eigenvalue weighted by Crippen LogP contribution is 2.12. The predicted molar refractivity (Wildman–Crippen MR) is 81.5 cm³/mol. The minimum atomic E-state index is -0.0258. The Balaban J connectivity index is 3.11. The molecule has 4 heteroatoms. The number of allylic oxidation sites excluding steroid dienone is 1. The van der Waals surface area contributed by atoms with Crippen LogP contribution >= 0.6 is 0 Å². The van der Waals surface area contributed by atoms with Crippen molar-refractivity contribution in [2.45, 2.75) is 64.1 Å². The normalized spacial score (nSPS) is 11.6. The van der Waals surface area contributed by atoms with Crippen LogP contribution in [0.4, 0.5) is 0 Å². The van der Waals surface area contributed by atoms with Gasteiger partial charge < -0.3 is 18.9 Å². The van der Waals surface area contributed by atoms with Gasteiger partial charge in [-0.2, -0.15) is 0 Å². The fraction of sp³-hybridized carbons (Fsp3) is 0.875. The zero-order valence-electron chi connectivity index (χ0n) is 13.4. The minimum Gasteiger partial charge on any atom is -0.476 e. The molecule has 0 aromatic carbocycles. The Labute approximate surface area is 124 Å².